The van der Waals surface area contributed by atoms with Gasteiger partial charge in [0.15, 0.2) is 5.17 Å². The SMILES string of the molecule is CCOC(=O)C1CCN(C2=NC(=O)C(=Cc3cn(-c4ccccc4)nc3-c3cccc(OCc4ccc(Cl)cc4)c3)S2)CC1. The maximum absolute atomic E-state index is 13.1. The molecule has 0 unspecified atom stereocenters. The first kappa shape index (κ1) is 29.7. The fourth-order valence-corrected chi connectivity index (χ4v) is 6.23. The molecular weight excluding hydrogens is 596 g/mol. The number of piperidine rings is 1. The zero-order chi connectivity index (χ0) is 30.5. The molecule has 10 heteroatoms. The van der Waals surface area contributed by atoms with Gasteiger partial charge in [-0.05, 0) is 79.6 Å². The monoisotopic (exact) mass is 626 g/mol. The van der Waals surface area contributed by atoms with Crippen molar-refractivity contribution in [1.29, 1.82) is 0 Å². The molecule has 6 rings (SSSR count). The predicted octanol–water partition coefficient (Wildman–Crippen LogP) is 7.02. The van der Waals surface area contributed by atoms with Gasteiger partial charge in [0.2, 0.25) is 0 Å². The van der Waals surface area contributed by atoms with Crippen LogP contribution in [0.2, 0.25) is 5.02 Å². The van der Waals surface area contributed by atoms with Gasteiger partial charge in [0.05, 0.1) is 23.1 Å². The highest BCUT2D eigenvalue weighted by Crippen LogP contribution is 2.35. The number of para-hydroxylation sites is 1. The van der Waals surface area contributed by atoms with Crippen LogP contribution in [0.5, 0.6) is 5.75 Å². The molecule has 0 N–H and O–H groups in total. The normalized spacial score (nSPS) is 16.3. The van der Waals surface area contributed by atoms with Crippen molar-refractivity contribution in [2.45, 2.75) is 26.4 Å². The molecule has 0 radical (unpaired) electrons. The Balaban J connectivity index is 1.24. The molecule has 0 saturated carbocycles. The quantitative estimate of drug-likeness (QED) is 0.153. The minimum atomic E-state index is -0.282. The largest absolute Gasteiger partial charge is 0.489 e. The number of esters is 1. The molecule has 4 aromatic rings. The summed E-state index contributed by atoms with van der Waals surface area (Å²) in [5, 5.41) is 6.27. The number of aromatic nitrogens is 2. The summed E-state index contributed by atoms with van der Waals surface area (Å²) in [5.74, 6) is 0.165. The van der Waals surface area contributed by atoms with Crippen LogP contribution in [0.4, 0.5) is 0 Å². The van der Waals surface area contributed by atoms with Crippen LogP contribution in [0, 0.1) is 5.92 Å². The van der Waals surface area contributed by atoms with E-state index < -0.39 is 0 Å². The molecule has 1 fully saturated rings. The van der Waals surface area contributed by atoms with E-state index in [2.05, 4.69) is 9.89 Å². The van der Waals surface area contributed by atoms with Crippen LogP contribution < -0.4 is 4.74 Å². The lowest BCUT2D eigenvalue weighted by Crippen LogP contribution is -2.39. The predicted molar refractivity (Wildman–Crippen MR) is 174 cm³/mol. The third-order valence-electron chi connectivity index (χ3n) is 7.47. The molecule has 224 valence electrons. The van der Waals surface area contributed by atoms with Gasteiger partial charge in [-0.15, -0.1) is 0 Å². The Morgan fingerprint density at radius 1 is 1.05 bits per heavy atom. The molecule has 0 aliphatic carbocycles. The standard InChI is InChI=1S/C34H31ClN4O4S/c1-2-42-33(41)24-15-17-38(18-16-24)34-36-32(40)30(44-34)20-26-21-39(28-8-4-3-5-9-28)37-31(26)25-7-6-10-29(19-25)43-22-23-11-13-27(35)14-12-23/h3-14,19-21,24H,2,15-18,22H2,1H3. The second kappa shape index (κ2) is 13.5. The van der Waals surface area contributed by atoms with E-state index in [-0.39, 0.29) is 17.8 Å². The molecule has 8 nitrogen and oxygen atoms in total. The van der Waals surface area contributed by atoms with E-state index in [1.54, 1.807) is 0 Å². The smallest absolute Gasteiger partial charge is 0.309 e. The lowest BCUT2D eigenvalue weighted by Gasteiger charge is -2.31. The summed E-state index contributed by atoms with van der Waals surface area (Å²) in [6, 6.07) is 25.2. The summed E-state index contributed by atoms with van der Waals surface area (Å²) >= 11 is 7.38. The summed E-state index contributed by atoms with van der Waals surface area (Å²) in [4.78, 5) is 32.2. The van der Waals surface area contributed by atoms with E-state index in [0.717, 1.165) is 28.1 Å². The van der Waals surface area contributed by atoms with Crippen LogP contribution in [0.1, 0.15) is 30.9 Å². The van der Waals surface area contributed by atoms with Crippen LogP contribution in [0.25, 0.3) is 23.0 Å². The molecule has 3 aromatic carbocycles. The lowest BCUT2D eigenvalue weighted by molar-refractivity contribution is -0.149. The van der Waals surface area contributed by atoms with Gasteiger partial charge in [-0.2, -0.15) is 10.1 Å². The molecule has 2 aliphatic heterocycles. The Bertz CT molecular complexity index is 1710. The third kappa shape index (κ3) is 6.90. The molecular formula is C34H31ClN4O4S. The second-order valence-electron chi connectivity index (χ2n) is 10.5. The van der Waals surface area contributed by atoms with Crippen LogP contribution in [-0.4, -0.2) is 51.4 Å². The molecule has 1 aromatic heterocycles. The van der Waals surface area contributed by atoms with Crippen LogP contribution in [-0.2, 0) is 20.9 Å². The molecule has 1 amide bonds. The van der Waals surface area contributed by atoms with E-state index in [1.165, 1.54) is 11.8 Å². The number of halogens is 1. The zero-order valence-electron chi connectivity index (χ0n) is 24.2. The van der Waals surface area contributed by atoms with Gasteiger partial charge in [0.1, 0.15) is 18.1 Å². The number of aliphatic imine (C=N–C) groups is 1. The second-order valence-corrected chi connectivity index (χ2v) is 11.9. The first-order chi connectivity index (χ1) is 21.5. The summed E-state index contributed by atoms with van der Waals surface area (Å²) in [6.07, 6.45) is 5.14. The van der Waals surface area contributed by atoms with Crippen molar-refractivity contribution in [3.05, 3.63) is 106 Å². The molecule has 0 bridgehead atoms. The average molecular weight is 627 g/mol. The number of amides is 1. The van der Waals surface area contributed by atoms with Gasteiger partial charge >= 0.3 is 5.97 Å². The summed E-state index contributed by atoms with van der Waals surface area (Å²) in [7, 11) is 0. The van der Waals surface area contributed by atoms with Gasteiger partial charge < -0.3 is 14.4 Å². The van der Waals surface area contributed by atoms with Crippen LogP contribution in [0.3, 0.4) is 0 Å². The summed E-state index contributed by atoms with van der Waals surface area (Å²) < 4.78 is 13.1. The van der Waals surface area contributed by atoms with E-state index in [0.29, 0.717) is 60.0 Å². The van der Waals surface area contributed by atoms with Crippen molar-refractivity contribution in [2.24, 2.45) is 10.9 Å². The van der Waals surface area contributed by atoms with Crippen molar-refractivity contribution >= 4 is 46.5 Å². The number of thioether (sulfide) groups is 1. The molecule has 2 aliphatic rings. The zero-order valence-corrected chi connectivity index (χ0v) is 25.8. The average Bonchev–Trinajstić information content (AvgIpc) is 3.65. The molecule has 1 saturated heterocycles. The molecule has 3 heterocycles. The lowest BCUT2D eigenvalue weighted by atomic mass is 9.97. The molecule has 0 atom stereocenters. The summed E-state index contributed by atoms with van der Waals surface area (Å²) in [6.45, 7) is 3.90. The Hall–Kier alpha value is -4.34. The van der Waals surface area contributed by atoms with Crippen molar-refractivity contribution < 1.29 is 19.1 Å². The highest BCUT2D eigenvalue weighted by molar-refractivity contribution is 8.18. The van der Waals surface area contributed by atoms with Crippen molar-refractivity contribution in [3.63, 3.8) is 0 Å². The Kier molecular flexibility index (Phi) is 9.14. The number of hydrogen-bond donors (Lipinski definition) is 0. The van der Waals surface area contributed by atoms with Crippen LogP contribution in [0.15, 0.2) is 95.0 Å². The number of nitrogens with zero attached hydrogens (tertiary/aromatic N) is 4. The number of carbonyl (C=O) groups is 2. The Morgan fingerprint density at radius 2 is 1.82 bits per heavy atom. The Labute approximate surface area is 265 Å². The maximum Gasteiger partial charge on any atom is 0.309 e. The topological polar surface area (TPSA) is 86.0 Å². The van der Waals surface area contributed by atoms with Gasteiger partial charge in [-0.1, -0.05) is 54.1 Å². The fraction of sp³-hybridized carbons (Fsp3) is 0.235. The van der Waals surface area contributed by atoms with E-state index in [1.807, 2.05) is 103 Å². The Morgan fingerprint density at radius 3 is 2.57 bits per heavy atom. The number of benzene rings is 3. The van der Waals surface area contributed by atoms with Gasteiger partial charge in [-0.25, -0.2) is 4.68 Å². The fourth-order valence-electron chi connectivity index (χ4n) is 5.15. The first-order valence-corrected chi connectivity index (χ1v) is 15.7. The molecule has 0 spiro atoms. The highest BCUT2D eigenvalue weighted by Gasteiger charge is 2.32. The highest BCUT2D eigenvalue weighted by atomic mass is 35.5. The minimum absolute atomic E-state index is 0.110. The van der Waals surface area contributed by atoms with Gasteiger partial charge in [0, 0.05) is 35.4 Å². The van der Waals surface area contributed by atoms with Crippen LogP contribution >= 0.6 is 23.4 Å². The van der Waals surface area contributed by atoms with E-state index in [4.69, 9.17) is 26.2 Å². The third-order valence-corrected chi connectivity index (χ3v) is 8.77. The van der Waals surface area contributed by atoms with Gasteiger partial charge in [-0.3, -0.25) is 9.59 Å². The van der Waals surface area contributed by atoms with Crippen molar-refractivity contribution in [3.8, 4) is 22.7 Å². The van der Waals surface area contributed by atoms with E-state index in [9.17, 15) is 9.59 Å². The minimum Gasteiger partial charge on any atom is -0.489 e. The van der Waals surface area contributed by atoms with E-state index >= 15 is 0 Å². The van der Waals surface area contributed by atoms with Gasteiger partial charge in [0.25, 0.3) is 5.91 Å². The number of rotatable bonds is 8. The number of hydrogen-bond acceptors (Lipinski definition) is 7. The number of carbonyl (C=O) groups excluding carboxylic acids is 2. The number of likely N-dealkylation sites (tertiary alicyclic amines) is 1. The number of ether oxygens (including phenoxy) is 2. The maximum atomic E-state index is 13.1. The first-order valence-electron chi connectivity index (χ1n) is 14.5. The number of amidine groups is 1. The summed E-state index contributed by atoms with van der Waals surface area (Å²) in [5.41, 5.74) is 4.28. The molecule has 44 heavy (non-hydrogen) atoms. The van der Waals surface area contributed by atoms with Crippen molar-refractivity contribution in [1.82, 2.24) is 14.7 Å². The van der Waals surface area contributed by atoms with Crippen molar-refractivity contribution in [2.75, 3.05) is 19.7 Å².